The van der Waals surface area contributed by atoms with Gasteiger partial charge in [0.1, 0.15) is 5.82 Å². The molecule has 0 radical (unpaired) electrons. The van der Waals surface area contributed by atoms with E-state index in [2.05, 4.69) is 38.7 Å². The second kappa shape index (κ2) is 7.52. The number of anilines is 1. The van der Waals surface area contributed by atoms with Gasteiger partial charge in [-0.05, 0) is 61.3 Å². The quantitative estimate of drug-likeness (QED) is 0.539. The number of benzene rings is 1. The molecule has 0 bridgehead atoms. The lowest BCUT2D eigenvalue weighted by Crippen LogP contribution is -2.30. The van der Waals surface area contributed by atoms with Crippen molar-refractivity contribution in [3.8, 4) is 0 Å². The Bertz CT molecular complexity index is 1280. The van der Waals surface area contributed by atoms with Crippen molar-refractivity contribution in [2.45, 2.75) is 57.2 Å². The van der Waals surface area contributed by atoms with Gasteiger partial charge in [-0.3, -0.25) is 0 Å². The number of hydrogen-bond acceptors (Lipinski definition) is 6. The monoisotopic (exact) mass is 444 g/mol. The summed E-state index contributed by atoms with van der Waals surface area (Å²) in [7, 11) is -3.31. The first-order valence-corrected chi connectivity index (χ1v) is 12.1. The number of aryl methyl sites for hydroxylation is 3. The lowest BCUT2D eigenvalue weighted by Gasteiger charge is -2.12. The summed E-state index contributed by atoms with van der Waals surface area (Å²) < 4.78 is 42.7. The summed E-state index contributed by atoms with van der Waals surface area (Å²) in [5.74, 6) is 0.639. The van der Waals surface area contributed by atoms with E-state index in [9.17, 15) is 12.8 Å². The molecule has 1 aromatic carbocycles. The van der Waals surface area contributed by atoms with E-state index in [4.69, 9.17) is 5.73 Å². The van der Waals surface area contributed by atoms with Crippen molar-refractivity contribution in [1.29, 1.82) is 0 Å². The van der Waals surface area contributed by atoms with Crippen molar-refractivity contribution in [1.82, 2.24) is 24.2 Å². The van der Waals surface area contributed by atoms with Crippen LogP contribution >= 0.6 is 0 Å². The van der Waals surface area contributed by atoms with Crippen LogP contribution in [-0.2, 0) is 35.8 Å². The zero-order chi connectivity index (χ0) is 21.8. The molecule has 2 aliphatic rings. The Labute approximate surface area is 180 Å². The highest BCUT2D eigenvalue weighted by Crippen LogP contribution is 2.29. The van der Waals surface area contributed by atoms with E-state index in [1.165, 1.54) is 23.1 Å². The number of fused-ring (bicyclic) bond motifs is 2. The highest BCUT2D eigenvalue weighted by molar-refractivity contribution is 7.90. The van der Waals surface area contributed by atoms with Crippen LogP contribution < -0.4 is 10.5 Å². The average molecular weight is 445 g/mol. The predicted octanol–water partition coefficient (Wildman–Crippen LogP) is 2.02. The summed E-state index contributed by atoms with van der Waals surface area (Å²) >= 11 is 0. The third-order valence-corrected chi connectivity index (χ3v) is 8.13. The second-order valence-corrected chi connectivity index (χ2v) is 10.5. The fourth-order valence-electron chi connectivity index (χ4n) is 4.36. The standard InChI is InChI=1S/C21H25FN6O2S/c1-12-9-13-3-2-4-14(13)10-15(12)11-17-25-18-19(23)26-21(22)27-20(18)28(17)8-7-24-31(29,30)16-5-6-16/h9-10,16,24H,2-8,11H2,1H3,(H2,23,26,27). The minimum Gasteiger partial charge on any atom is -0.382 e. The van der Waals surface area contributed by atoms with Crippen LogP contribution in [0.1, 0.15) is 47.3 Å². The van der Waals surface area contributed by atoms with Crippen molar-refractivity contribution in [3.05, 3.63) is 46.3 Å². The number of sulfonamides is 1. The molecule has 8 nitrogen and oxygen atoms in total. The molecule has 2 aliphatic carbocycles. The molecule has 1 saturated carbocycles. The molecule has 2 aromatic heterocycles. The number of nitrogens with zero attached hydrogens (tertiary/aromatic N) is 4. The molecule has 2 heterocycles. The zero-order valence-electron chi connectivity index (χ0n) is 17.4. The topological polar surface area (TPSA) is 116 Å². The highest BCUT2D eigenvalue weighted by atomic mass is 32.2. The molecule has 0 aliphatic heterocycles. The molecule has 0 amide bonds. The van der Waals surface area contributed by atoms with Gasteiger partial charge in [-0.1, -0.05) is 12.1 Å². The van der Waals surface area contributed by atoms with Crippen molar-refractivity contribution in [2.75, 3.05) is 12.3 Å². The van der Waals surface area contributed by atoms with Gasteiger partial charge in [0.15, 0.2) is 17.0 Å². The van der Waals surface area contributed by atoms with Gasteiger partial charge in [0.05, 0.1) is 5.25 Å². The Morgan fingerprint density at radius 2 is 1.94 bits per heavy atom. The zero-order valence-corrected chi connectivity index (χ0v) is 18.2. The summed E-state index contributed by atoms with van der Waals surface area (Å²) in [6.07, 6.45) is 4.34. The molecule has 1 fully saturated rings. The number of halogens is 1. The van der Waals surface area contributed by atoms with Crippen molar-refractivity contribution < 1.29 is 12.8 Å². The van der Waals surface area contributed by atoms with Crippen LogP contribution in [0, 0.1) is 13.0 Å². The minimum absolute atomic E-state index is 0.0215. The fraction of sp³-hybridized carbons (Fsp3) is 0.476. The molecule has 5 rings (SSSR count). The van der Waals surface area contributed by atoms with Crippen LogP contribution in [-0.4, -0.2) is 39.7 Å². The first-order chi connectivity index (χ1) is 14.8. The molecule has 10 heteroatoms. The SMILES string of the molecule is Cc1cc2c(cc1Cc1nc3c(N)nc(F)nc3n1CCNS(=O)(=O)C1CC1)CCC2. The molecule has 0 saturated heterocycles. The number of nitrogens with two attached hydrogens (primary N) is 1. The molecule has 3 aromatic rings. The van der Waals surface area contributed by atoms with Gasteiger partial charge in [0, 0.05) is 19.5 Å². The first kappa shape index (κ1) is 20.3. The Morgan fingerprint density at radius 3 is 2.68 bits per heavy atom. The molecular weight excluding hydrogens is 419 g/mol. The number of nitrogen functional groups attached to an aromatic ring is 1. The molecule has 164 valence electrons. The number of aromatic nitrogens is 4. The maximum Gasteiger partial charge on any atom is 0.312 e. The van der Waals surface area contributed by atoms with Crippen LogP contribution in [0.2, 0.25) is 0 Å². The van der Waals surface area contributed by atoms with Gasteiger partial charge in [-0.15, -0.1) is 0 Å². The Balaban J connectivity index is 1.49. The van der Waals surface area contributed by atoms with E-state index in [0.717, 1.165) is 18.4 Å². The van der Waals surface area contributed by atoms with E-state index in [1.807, 2.05) is 0 Å². The van der Waals surface area contributed by atoms with Crippen LogP contribution in [0.25, 0.3) is 11.2 Å². The van der Waals surface area contributed by atoms with Gasteiger partial charge >= 0.3 is 6.08 Å². The van der Waals surface area contributed by atoms with E-state index in [-0.39, 0.29) is 29.8 Å². The van der Waals surface area contributed by atoms with Gasteiger partial charge in [0.25, 0.3) is 0 Å². The third-order valence-electron chi connectivity index (χ3n) is 6.17. The van der Waals surface area contributed by atoms with Crippen molar-refractivity contribution in [3.63, 3.8) is 0 Å². The lowest BCUT2D eigenvalue weighted by atomic mass is 9.98. The highest BCUT2D eigenvalue weighted by Gasteiger charge is 2.35. The van der Waals surface area contributed by atoms with Crippen molar-refractivity contribution in [2.24, 2.45) is 0 Å². The van der Waals surface area contributed by atoms with Crippen molar-refractivity contribution >= 4 is 27.0 Å². The summed E-state index contributed by atoms with van der Waals surface area (Å²) in [6.45, 7) is 2.53. The van der Waals surface area contributed by atoms with Gasteiger partial charge in [0.2, 0.25) is 10.0 Å². The maximum atomic E-state index is 13.9. The van der Waals surface area contributed by atoms with E-state index < -0.39 is 16.1 Å². The maximum absolute atomic E-state index is 13.9. The molecule has 31 heavy (non-hydrogen) atoms. The van der Waals surface area contributed by atoms with E-state index in [0.29, 0.717) is 30.6 Å². The van der Waals surface area contributed by atoms with Crippen LogP contribution in [0.15, 0.2) is 12.1 Å². The summed E-state index contributed by atoms with van der Waals surface area (Å²) in [5, 5.41) is -0.295. The average Bonchev–Trinajstić information content (AvgIpc) is 3.40. The molecular formula is C21H25FN6O2S. The normalized spacial score (nSPS) is 16.2. The van der Waals surface area contributed by atoms with Gasteiger partial charge < -0.3 is 10.3 Å². The number of hydrogen-bond donors (Lipinski definition) is 2. The predicted molar refractivity (Wildman–Crippen MR) is 116 cm³/mol. The smallest absolute Gasteiger partial charge is 0.312 e. The van der Waals surface area contributed by atoms with Crippen LogP contribution in [0.4, 0.5) is 10.2 Å². The first-order valence-electron chi connectivity index (χ1n) is 10.6. The third kappa shape index (κ3) is 3.89. The number of imidazole rings is 1. The largest absolute Gasteiger partial charge is 0.382 e. The summed E-state index contributed by atoms with van der Waals surface area (Å²) in [4.78, 5) is 12.1. The number of nitrogens with one attached hydrogen (secondary N) is 1. The van der Waals surface area contributed by atoms with Gasteiger partial charge in [-0.25, -0.2) is 18.1 Å². The molecule has 0 atom stereocenters. The van der Waals surface area contributed by atoms with E-state index in [1.54, 1.807) is 4.57 Å². The summed E-state index contributed by atoms with van der Waals surface area (Å²) in [6, 6.07) is 4.47. The molecule has 3 N–H and O–H groups in total. The van der Waals surface area contributed by atoms with Gasteiger partial charge in [-0.2, -0.15) is 14.4 Å². The van der Waals surface area contributed by atoms with Crippen LogP contribution in [0.5, 0.6) is 0 Å². The van der Waals surface area contributed by atoms with E-state index >= 15 is 0 Å². The molecule has 0 spiro atoms. The molecule has 0 unspecified atom stereocenters. The Hall–Kier alpha value is -2.59. The lowest BCUT2D eigenvalue weighted by molar-refractivity contribution is 0.540. The second-order valence-electron chi connectivity index (χ2n) is 8.45. The number of rotatable bonds is 7. The minimum atomic E-state index is -3.31. The Kier molecular flexibility index (Phi) is 4.93. The van der Waals surface area contributed by atoms with Crippen LogP contribution in [0.3, 0.4) is 0 Å². The fourth-order valence-corrected chi connectivity index (χ4v) is 5.73. The Morgan fingerprint density at radius 1 is 1.19 bits per heavy atom. The summed E-state index contributed by atoms with van der Waals surface area (Å²) in [5.41, 5.74) is 11.6.